The molecule has 148 valence electrons. The van der Waals surface area contributed by atoms with E-state index in [-0.39, 0.29) is 12.3 Å². The molecule has 0 saturated carbocycles. The van der Waals surface area contributed by atoms with E-state index in [0.717, 1.165) is 46.6 Å². The second-order valence-electron chi connectivity index (χ2n) is 7.41. The summed E-state index contributed by atoms with van der Waals surface area (Å²) in [6.45, 7) is 0.496. The molecular weight excluding hydrogens is 364 g/mol. The lowest BCUT2D eigenvalue weighted by Crippen LogP contribution is -2.03. The van der Waals surface area contributed by atoms with Crippen molar-refractivity contribution in [3.63, 3.8) is 0 Å². The number of carboxylic acid groups (broad SMARTS) is 1. The van der Waals surface area contributed by atoms with Crippen LogP contribution in [0, 0.1) is 0 Å². The molecule has 3 aromatic rings. The quantitative estimate of drug-likeness (QED) is 0.585. The number of carboxylic acids is 1. The zero-order valence-electron chi connectivity index (χ0n) is 16.4. The summed E-state index contributed by atoms with van der Waals surface area (Å²) in [7, 11) is 1.67. The topological polar surface area (TPSA) is 55.8 Å². The Kier molecular flexibility index (Phi) is 5.52. The Morgan fingerprint density at radius 2 is 1.83 bits per heavy atom. The summed E-state index contributed by atoms with van der Waals surface area (Å²) >= 11 is 0. The van der Waals surface area contributed by atoms with Crippen LogP contribution in [0.5, 0.6) is 11.5 Å². The summed E-state index contributed by atoms with van der Waals surface area (Å²) in [6.07, 6.45) is 2.02. The zero-order valence-corrected chi connectivity index (χ0v) is 16.4. The summed E-state index contributed by atoms with van der Waals surface area (Å²) < 4.78 is 11.3. The van der Waals surface area contributed by atoms with E-state index in [9.17, 15) is 4.79 Å². The van der Waals surface area contributed by atoms with Crippen molar-refractivity contribution in [2.24, 2.45) is 0 Å². The Labute approximate surface area is 170 Å². The van der Waals surface area contributed by atoms with E-state index in [1.807, 2.05) is 30.3 Å². The van der Waals surface area contributed by atoms with Crippen molar-refractivity contribution in [1.29, 1.82) is 0 Å². The number of ether oxygens (including phenoxy) is 2. The number of aryl methyl sites for hydroxylation is 1. The molecule has 0 aliphatic heterocycles. The van der Waals surface area contributed by atoms with E-state index >= 15 is 0 Å². The standard InChI is InChI=1S/C25H24O4/c1-28-22-4-2-3-19(13-22)18-7-5-17(6-8-18)16-29-23-11-12-24-20(14-23)9-10-21(24)15-25(26)27/h2-8,11-14,21H,9-10,15-16H2,1H3,(H,26,27). The summed E-state index contributed by atoms with van der Waals surface area (Å²) in [5.41, 5.74) is 5.71. The van der Waals surface area contributed by atoms with Gasteiger partial charge in [0.15, 0.2) is 0 Å². The number of hydrogen-bond donors (Lipinski definition) is 1. The van der Waals surface area contributed by atoms with E-state index in [2.05, 4.69) is 36.4 Å². The third-order valence-electron chi connectivity index (χ3n) is 5.50. The molecule has 4 heteroatoms. The molecule has 0 spiro atoms. The van der Waals surface area contributed by atoms with Gasteiger partial charge in [-0.15, -0.1) is 0 Å². The Morgan fingerprint density at radius 3 is 2.59 bits per heavy atom. The van der Waals surface area contributed by atoms with Gasteiger partial charge in [-0.2, -0.15) is 0 Å². The second-order valence-corrected chi connectivity index (χ2v) is 7.41. The first-order chi connectivity index (χ1) is 14.1. The van der Waals surface area contributed by atoms with E-state index in [1.165, 1.54) is 5.56 Å². The number of rotatable bonds is 7. The van der Waals surface area contributed by atoms with E-state index in [4.69, 9.17) is 14.6 Å². The molecule has 0 radical (unpaired) electrons. The number of aliphatic carboxylic acids is 1. The fourth-order valence-electron chi connectivity index (χ4n) is 3.96. The van der Waals surface area contributed by atoms with Crippen LogP contribution < -0.4 is 9.47 Å². The molecule has 0 fully saturated rings. The highest BCUT2D eigenvalue weighted by atomic mass is 16.5. The lowest BCUT2D eigenvalue weighted by atomic mass is 9.98. The van der Waals surface area contributed by atoms with Gasteiger partial charge in [0.1, 0.15) is 18.1 Å². The Bertz CT molecular complexity index is 1010. The highest BCUT2D eigenvalue weighted by Gasteiger charge is 2.24. The van der Waals surface area contributed by atoms with Gasteiger partial charge in [-0.25, -0.2) is 0 Å². The number of benzene rings is 3. The van der Waals surface area contributed by atoms with E-state index in [0.29, 0.717) is 6.61 Å². The first kappa shape index (κ1) is 19.1. The van der Waals surface area contributed by atoms with Gasteiger partial charge in [0.2, 0.25) is 0 Å². The molecule has 1 aliphatic rings. The molecule has 0 aromatic heterocycles. The van der Waals surface area contributed by atoms with Crippen molar-refractivity contribution in [2.45, 2.75) is 31.8 Å². The SMILES string of the molecule is COc1cccc(-c2ccc(COc3ccc4c(c3)CCC4CC(=O)O)cc2)c1. The van der Waals surface area contributed by atoms with Crippen molar-refractivity contribution < 1.29 is 19.4 Å². The minimum absolute atomic E-state index is 0.126. The summed E-state index contributed by atoms with van der Waals surface area (Å²) in [5, 5.41) is 9.05. The number of fused-ring (bicyclic) bond motifs is 1. The van der Waals surface area contributed by atoms with E-state index < -0.39 is 5.97 Å². The van der Waals surface area contributed by atoms with Crippen LogP contribution in [0.25, 0.3) is 11.1 Å². The van der Waals surface area contributed by atoms with Gasteiger partial charge in [0, 0.05) is 0 Å². The maximum absolute atomic E-state index is 11.0. The van der Waals surface area contributed by atoms with Crippen molar-refractivity contribution in [3.8, 4) is 22.6 Å². The average molecular weight is 388 g/mol. The maximum Gasteiger partial charge on any atom is 0.303 e. The molecule has 1 N–H and O–H groups in total. The van der Waals surface area contributed by atoms with Crippen molar-refractivity contribution in [3.05, 3.63) is 83.4 Å². The molecule has 4 nitrogen and oxygen atoms in total. The fraction of sp³-hybridized carbons (Fsp3) is 0.240. The van der Waals surface area contributed by atoms with Gasteiger partial charge in [-0.05, 0) is 70.8 Å². The Hall–Kier alpha value is -3.27. The van der Waals surface area contributed by atoms with Crippen LogP contribution in [0.3, 0.4) is 0 Å². The number of hydrogen-bond acceptors (Lipinski definition) is 3. The normalized spacial score (nSPS) is 15.0. The molecular formula is C25H24O4. The van der Waals surface area contributed by atoms with E-state index in [1.54, 1.807) is 7.11 Å². The third kappa shape index (κ3) is 4.43. The first-order valence-corrected chi connectivity index (χ1v) is 9.83. The van der Waals surface area contributed by atoms with Gasteiger partial charge in [-0.3, -0.25) is 4.79 Å². The van der Waals surface area contributed by atoms with Crippen LogP contribution >= 0.6 is 0 Å². The van der Waals surface area contributed by atoms with Gasteiger partial charge in [0.05, 0.1) is 13.5 Å². The Morgan fingerprint density at radius 1 is 1.00 bits per heavy atom. The van der Waals surface area contributed by atoms with Crippen LogP contribution in [0.15, 0.2) is 66.7 Å². The van der Waals surface area contributed by atoms with Crippen LogP contribution in [-0.4, -0.2) is 18.2 Å². The van der Waals surface area contributed by atoms with Gasteiger partial charge in [0.25, 0.3) is 0 Å². The van der Waals surface area contributed by atoms with Gasteiger partial charge in [-0.1, -0.05) is 42.5 Å². The van der Waals surface area contributed by atoms with Gasteiger partial charge >= 0.3 is 5.97 Å². The molecule has 1 atom stereocenters. The maximum atomic E-state index is 11.0. The smallest absolute Gasteiger partial charge is 0.303 e. The molecule has 0 heterocycles. The molecule has 3 aromatic carbocycles. The van der Waals surface area contributed by atoms with Crippen molar-refractivity contribution in [2.75, 3.05) is 7.11 Å². The van der Waals surface area contributed by atoms with Crippen LogP contribution in [0.1, 0.15) is 35.4 Å². The Balaban J connectivity index is 1.40. The molecule has 29 heavy (non-hydrogen) atoms. The molecule has 0 saturated heterocycles. The lowest BCUT2D eigenvalue weighted by molar-refractivity contribution is -0.137. The summed E-state index contributed by atoms with van der Waals surface area (Å²) in [6, 6.07) is 22.4. The minimum Gasteiger partial charge on any atom is -0.497 e. The highest BCUT2D eigenvalue weighted by molar-refractivity contribution is 5.68. The average Bonchev–Trinajstić information content (AvgIpc) is 3.14. The lowest BCUT2D eigenvalue weighted by Gasteiger charge is -2.11. The largest absolute Gasteiger partial charge is 0.497 e. The van der Waals surface area contributed by atoms with Crippen LogP contribution in [-0.2, 0) is 17.8 Å². The zero-order chi connectivity index (χ0) is 20.2. The predicted octanol–water partition coefficient (Wildman–Crippen LogP) is 5.45. The van der Waals surface area contributed by atoms with Crippen LogP contribution in [0.2, 0.25) is 0 Å². The van der Waals surface area contributed by atoms with Crippen molar-refractivity contribution in [1.82, 2.24) is 0 Å². The third-order valence-corrected chi connectivity index (χ3v) is 5.50. The minimum atomic E-state index is -0.736. The molecule has 1 unspecified atom stereocenters. The van der Waals surface area contributed by atoms with Gasteiger partial charge < -0.3 is 14.6 Å². The molecule has 0 amide bonds. The molecule has 0 bridgehead atoms. The van der Waals surface area contributed by atoms with Crippen LogP contribution in [0.4, 0.5) is 0 Å². The summed E-state index contributed by atoms with van der Waals surface area (Å²) in [5.74, 6) is 1.06. The van der Waals surface area contributed by atoms with Crippen molar-refractivity contribution >= 4 is 5.97 Å². The molecule has 1 aliphatic carbocycles. The molecule has 4 rings (SSSR count). The second kappa shape index (κ2) is 8.39. The fourth-order valence-corrected chi connectivity index (χ4v) is 3.96. The predicted molar refractivity (Wildman–Crippen MR) is 113 cm³/mol. The number of carbonyl (C=O) groups is 1. The highest BCUT2D eigenvalue weighted by Crippen LogP contribution is 2.37. The monoisotopic (exact) mass is 388 g/mol. The summed E-state index contributed by atoms with van der Waals surface area (Å²) in [4.78, 5) is 11.0. The first-order valence-electron chi connectivity index (χ1n) is 9.83. The number of methoxy groups -OCH3 is 1.